The van der Waals surface area contributed by atoms with Gasteiger partial charge in [-0.3, -0.25) is 19.3 Å². The number of hydrogen-bond acceptors (Lipinski definition) is 5. The molecule has 4 rings (SSSR count). The van der Waals surface area contributed by atoms with E-state index in [-0.39, 0.29) is 29.9 Å². The second-order valence-electron chi connectivity index (χ2n) is 9.99. The summed E-state index contributed by atoms with van der Waals surface area (Å²) in [5.74, 6) is -1.34. The molecule has 1 unspecified atom stereocenters. The van der Waals surface area contributed by atoms with Gasteiger partial charge < -0.3 is 9.74 Å². The van der Waals surface area contributed by atoms with E-state index in [1.54, 1.807) is 32.9 Å². The lowest BCUT2D eigenvalue weighted by atomic mass is 9.85. The van der Waals surface area contributed by atoms with Crippen LogP contribution in [0.3, 0.4) is 0 Å². The molecular formula is C28H30F3N3O4. The molecule has 1 saturated heterocycles. The lowest BCUT2D eigenvalue weighted by Gasteiger charge is -2.33. The van der Waals surface area contributed by atoms with Crippen molar-refractivity contribution in [2.45, 2.75) is 58.7 Å². The van der Waals surface area contributed by atoms with Gasteiger partial charge in [-0.2, -0.15) is 13.2 Å². The molecule has 0 spiro atoms. The topological polar surface area (TPSA) is 79.3 Å². The maximum atomic E-state index is 14.4. The predicted molar refractivity (Wildman–Crippen MR) is 135 cm³/mol. The Bertz CT molecular complexity index is 1280. The fourth-order valence-corrected chi connectivity index (χ4v) is 4.92. The number of halogens is 3. The molecular weight excluding hydrogens is 499 g/mol. The number of benzene rings is 2. The van der Waals surface area contributed by atoms with Gasteiger partial charge in [0.2, 0.25) is 11.8 Å². The minimum atomic E-state index is -4.72. The highest BCUT2D eigenvalue weighted by atomic mass is 19.4. The van der Waals surface area contributed by atoms with Crippen LogP contribution >= 0.6 is 0 Å². The van der Waals surface area contributed by atoms with E-state index in [0.717, 1.165) is 6.42 Å². The molecule has 38 heavy (non-hydrogen) atoms. The summed E-state index contributed by atoms with van der Waals surface area (Å²) in [5.41, 5.74) is -0.0156. The first-order valence-electron chi connectivity index (χ1n) is 12.5. The zero-order valence-electron chi connectivity index (χ0n) is 21.8. The Morgan fingerprint density at radius 1 is 1.03 bits per heavy atom. The second kappa shape index (κ2) is 10.2. The van der Waals surface area contributed by atoms with Crippen LogP contribution < -0.4 is 0 Å². The molecule has 3 amide bonds. The molecule has 2 aromatic carbocycles. The maximum Gasteiger partial charge on any atom is 0.435 e. The normalized spacial score (nSPS) is 20.0. The van der Waals surface area contributed by atoms with Crippen LogP contribution in [0.25, 0.3) is 0 Å². The number of imide groups is 1. The lowest BCUT2D eigenvalue weighted by Crippen LogP contribution is -2.55. The van der Waals surface area contributed by atoms with Crippen molar-refractivity contribution < 1.29 is 32.4 Å². The Morgan fingerprint density at radius 2 is 1.66 bits per heavy atom. The predicted octanol–water partition coefficient (Wildman–Crippen LogP) is 4.81. The summed E-state index contributed by atoms with van der Waals surface area (Å²) >= 11 is 0. The molecule has 0 N–H and O–H groups in total. The minimum Gasteiger partial charge on any atom is -0.374 e. The highest BCUT2D eigenvalue weighted by Crippen LogP contribution is 2.49. The van der Waals surface area contributed by atoms with E-state index in [0.29, 0.717) is 35.2 Å². The molecule has 7 nitrogen and oxygen atoms in total. The van der Waals surface area contributed by atoms with Crippen molar-refractivity contribution in [3.05, 3.63) is 69.8 Å². The summed E-state index contributed by atoms with van der Waals surface area (Å²) in [4.78, 5) is 45.6. The van der Waals surface area contributed by atoms with Crippen LogP contribution in [0.4, 0.5) is 13.2 Å². The minimum absolute atomic E-state index is 0.0165. The number of rotatable bonds is 6. The van der Waals surface area contributed by atoms with E-state index in [1.807, 2.05) is 6.92 Å². The van der Waals surface area contributed by atoms with Gasteiger partial charge in [0.25, 0.3) is 11.5 Å². The molecule has 2 aliphatic heterocycles. The molecule has 2 heterocycles. The van der Waals surface area contributed by atoms with Gasteiger partial charge in [-0.15, -0.1) is 0 Å². The number of amides is 3. The number of carbonyl (C=O) groups is 3. The van der Waals surface area contributed by atoms with Crippen molar-refractivity contribution in [2.75, 3.05) is 19.6 Å². The van der Waals surface area contributed by atoms with E-state index in [4.69, 9.17) is 4.84 Å². The Morgan fingerprint density at radius 3 is 2.21 bits per heavy atom. The number of nitrogens with zero attached hydrogens (tertiary/aromatic N) is 3. The summed E-state index contributed by atoms with van der Waals surface area (Å²) in [5, 5.41) is 3.83. The van der Waals surface area contributed by atoms with E-state index < -0.39 is 35.9 Å². The maximum absolute atomic E-state index is 14.4. The van der Waals surface area contributed by atoms with Crippen molar-refractivity contribution in [1.82, 2.24) is 9.80 Å². The number of oxime groups is 1. The fraction of sp³-hybridized carbons (Fsp3) is 0.429. The second-order valence-corrected chi connectivity index (χ2v) is 9.99. The third-order valence-electron chi connectivity index (χ3n) is 6.94. The third-order valence-corrected chi connectivity index (χ3v) is 6.94. The quantitative estimate of drug-likeness (QED) is 0.504. The van der Waals surface area contributed by atoms with E-state index >= 15 is 0 Å². The summed E-state index contributed by atoms with van der Waals surface area (Å²) in [6.45, 7) is 6.97. The largest absolute Gasteiger partial charge is 0.435 e. The molecule has 1 fully saturated rings. The molecule has 1 atom stereocenters. The highest BCUT2D eigenvalue weighted by Gasteiger charge is 2.62. The molecule has 0 aromatic heterocycles. The van der Waals surface area contributed by atoms with Crippen molar-refractivity contribution >= 4 is 23.4 Å². The monoisotopic (exact) mass is 529 g/mol. The van der Waals surface area contributed by atoms with Crippen LogP contribution in [-0.2, 0) is 20.0 Å². The first-order valence-corrected chi connectivity index (χ1v) is 12.5. The number of hydrogen-bond donors (Lipinski definition) is 0. The number of alkyl halides is 3. The Labute approximate surface area is 219 Å². The van der Waals surface area contributed by atoms with Gasteiger partial charge in [-0.25, -0.2) is 0 Å². The SMILES string of the molecule is CCCCN1C(=O)CN(C(=O)c2ccc(C3=NOC(c4cc(C)cc(C)c4)(C(F)(F)F)C3)cc2C)CC1=O. The van der Waals surface area contributed by atoms with Gasteiger partial charge in [-0.05, 0) is 50.5 Å². The van der Waals surface area contributed by atoms with Gasteiger partial charge in [0, 0.05) is 24.1 Å². The van der Waals surface area contributed by atoms with Gasteiger partial charge in [0.15, 0.2) is 0 Å². The van der Waals surface area contributed by atoms with Gasteiger partial charge >= 0.3 is 6.18 Å². The average molecular weight is 530 g/mol. The molecule has 0 bridgehead atoms. The standard InChI is InChI=1S/C28H30F3N3O4/c1-5-6-9-34-24(35)15-33(16-25(34)36)26(37)22-8-7-20(13-19(22)4)23-14-27(38-32-23,28(29,30)31)21-11-17(2)10-18(3)12-21/h7-8,10-13H,5-6,9,14-16H2,1-4H3. The van der Waals surface area contributed by atoms with Crippen molar-refractivity contribution in [3.8, 4) is 0 Å². The number of unbranched alkanes of at least 4 members (excludes halogenated alkanes) is 1. The zero-order valence-corrected chi connectivity index (χ0v) is 21.8. The highest BCUT2D eigenvalue weighted by molar-refractivity contribution is 6.07. The smallest absolute Gasteiger partial charge is 0.374 e. The molecule has 0 saturated carbocycles. The molecule has 0 aliphatic carbocycles. The Kier molecular flexibility index (Phi) is 7.36. The number of aryl methyl sites for hydroxylation is 3. The Balaban J connectivity index is 1.55. The summed E-state index contributed by atoms with van der Waals surface area (Å²) in [7, 11) is 0. The van der Waals surface area contributed by atoms with Crippen molar-refractivity contribution in [1.29, 1.82) is 0 Å². The van der Waals surface area contributed by atoms with Crippen LogP contribution in [0.15, 0.2) is 41.6 Å². The lowest BCUT2D eigenvalue weighted by molar-refractivity contribution is -0.275. The van der Waals surface area contributed by atoms with E-state index in [1.165, 1.54) is 34.1 Å². The molecule has 202 valence electrons. The van der Waals surface area contributed by atoms with Crippen molar-refractivity contribution in [2.24, 2.45) is 5.16 Å². The molecule has 2 aromatic rings. The van der Waals surface area contributed by atoms with Gasteiger partial charge in [0.05, 0.1) is 5.71 Å². The van der Waals surface area contributed by atoms with Crippen LogP contribution in [-0.4, -0.2) is 59.0 Å². The summed E-state index contributed by atoms with van der Waals surface area (Å²) < 4.78 is 43.1. The van der Waals surface area contributed by atoms with Crippen LogP contribution in [0.5, 0.6) is 0 Å². The van der Waals surface area contributed by atoms with Crippen LogP contribution in [0.1, 0.15) is 64.4 Å². The first-order chi connectivity index (χ1) is 17.9. The summed E-state index contributed by atoms with van der Waals surface area (Å²) in [6.07, 6.45) is -3.72. The molecule has 2 aliphatic rings. The van der Waals surface area contributed by atoms with E-state index in [2.05, 4.69) is 5.16 Å². The molecule has 0 radical (unpaired) electrons. The van der Waals surface area contributed by atoms with Crippen molar-refractivity contribution in [3.63, 3.8) is 0 Å². The Hall–Kier alpha value is -3.69. The number of piperazine rings is 1. The average Bonchev–Trinajstić information content (AvgIpc) is 3.30. The molecule has 10 heteroatoms. The third kappa shape index (κ3) is 5.04. The van der Waals surface area contributed by atoms with Gasteiger partial charge in [-0.1, -0.05) is 53.9 Å². The summed E-state index contributed by atoms with van der Waals surface area (Å²) in [6, 6.07) is 9.27. The van der Waals surface area contributed by atoms with Gasteiger partial charge in [0.1, 0.15) is 13.1 Å². The van der Waals surface area contributed by atoms with Crippen LogP contribution in [0, 0.1) is 20.8 Å². The number of carbonyl (C=O) groups excluding carboxylic acids is 3. The van der Waals surface area contributed by atoms with Crippen LogP contribution in [0.2, 0.25) is 0 Å². The zero-order chi connectivity index (χ0) is 27.8. The van der Waals surface area contributed by atoms with E-state index in [9.17, 15) is 27.6 Å². The fourth-order valence-electron chi connectivity index (χ4n) is 4.92. The first kappa shape index (κ1) is 27.3.